The topological polar surface area (TPSA) is 58.2 Å². The van der Waals surface area contributed by atoms with Gasteiger partial charge in [0.1, 0.15) is 6.04 Å². The Morgan fingerprint density at radius 1 is 1.00 bits per heavy atom. The van der Waals surface area contributed by atoms with Crippen molar-refractivity contribution in [2.75, 3.05) is 0 Å². The highest BCUT2D eigenvalue weighted by molar-refractivity contribution is 6.30. The highest BCUT2D eigenvalue weighted by Gasteiger charge is 2.34. The predicted octanol–water partition coefficient (Wildman–Crippen LogP) is 4.03. The smallest absolute Gasteiger partial charge is 0.251 e. The van der Waals surface area contributed by atoms with Gasteiger partial charge in [-0.2, -0.15) is 0 Å². The normalized spacial score (nSPS) is 15.8. The maximum atomic E-state index is 12.6. The molecule has 0 aliphatic heterocycles. The van der Waals surface area contributed by atoms with Gasteiger partial charge in [0.25, 0.3) is 5.91 Å². The van der Waals surface area contributed by atoms with Gasteiger partial charge in [0.05, 0.1) is 6.04 Å². The minimum atomic E-state index is -0.620. The van der Waals surface area contributed by atoms with Crippen molar-refractivity contribution in [3.63, 3.8) is 0 Å². The lowest BCUT2D eigenvalue weighted by molar-refractivity contribution is -0.123. The molecule has 2 N–H and O–H groups in total. The van der Waals surface area contributed by atoms with Gasteiger partial charge >= 0.3 is 0 Å². The molecule has 2 atom stereocenters. The third kappa shape index (κ3) is 4.64. The second-order valence-electron chi connectivity index (χ2n) is 6.94. The van der Waals surface area contributed by atoms with E-state index < -0.39 is 6.04 Å². The molecule has 136 valence electrons. The van der Waals surface area contributed by atoms with Gasteiger partial charge in [-0.3, -0.25) is 9.59 Å². The molecule has 26 heavy (non-hydrogen) atoms. The van der Waals surface area contributed by atoms with Gasteiger partial charge in [-0.05, 0) is 62.4 Å². The molecular weight excluding hydrogens is 348 g/mol. The molecule has 4 nitrogen and oxygen atoms in total. The Labute approximate surface area is 158 Å². The van der Waals surface area contributed by atoms with E-state index in [4.69, 9.17) is 11.6 Å². The number of halogens is 1. The first-order chi connectivity index (χ1) is 12.4. The lowest BCUT2D eigenvalue weighted by Gasteiger charge is -2.22. The van der Waals surface area contributed by atoms with Crippen molar-refractivity contribution in [3.8, 4) is 0 Å². The highest BCUT2D eigenvalue weighted by atomic mass is 35.5. The molecule has 2 amide bonds. The summed E-state index contributed by atoms with van der Waals surface area (Å²) in [5.41, 5.74) is 2.78. The third-order valence-electron chi connectivity index (χ3n) is 4.67. The van der Waals surface area contributed by atoms with Crippen LogP contribution >= 0.6 is 11.6 Å². The van der Waals surface area contributed by atoms with E-state index >= 15 is 0 Å². The Morgan fingerprint density at radius 3 is 2.19 bits per heavy atom. The van der Waals surface area contributed by atoms with Crippen LogP contribution < -0.4 is 10.6 Å². The maximum absolute atomic E-state index is 12.6. The summed E-state index contributed by atoms with van der Waals surface area (Å²) in [4.78, 5) is 24.9. The van der Waals surface area contributed by atoms with Crippen LogP contribution in [0.25, 0.3) is 0 Å². The Kier molecular flexibility index (Phi) is 5.62. The quantitative estimate of drug-likeness (QED) is 0.806. The minimum Gasteiger partial charge on any atom is -0.347 e. The average molecular weight is 371 g/mol. The first kappa shape index (κ1) is 18.5. The zero-order valence-electron chi connectivity index (χ0n) is 15.0. The third-order valence-corrected chi connectivity index (χ3v) is 4.93. The number of rotatable bonds is 6. The van der Waals surface area contributed by atoms with Crippen LogP contribution in [0.3, 0.4) is 0 Å². The summed E-state index contributed by atoms with van der Waals surface area (Å²) < 4.78 is 0. The number of hydrogen-bond acceptors (Lipinski definition) is 2. The van der Waals surface area contributed by atoms with Gasteiger partial charge in [0, 0.05) is 10.6 Å². The standard InChI is InChI=1S/C21H23ClN2O2/c1-13-3-5-15(6-4-13)19(16-7-8-16)24-20(25)14(2)23-21(26)17-9-11-18(22)12-10-17/h3-6,9-12,14,16,19H,7-8H2,1-2H3,(H,23,26)(H,24,25). The second kappa shape index (κ2) is 7.92. The van der Waals surface area contributed by atoms with E-state index in [0.29, 0.717) is 16.5 Å². The number of amides is 2. The number of hydrogen-bond donors (Lipinski definition) is 2. The molecule has 0 spiro atoms. The lowest BCUT2D eigenvalue weighted by Crippen LogP contribution is -2.46. The molecule has 1 fully saturated rings. The van der Waals surface area contributed by atoms with Crippen molar-refractivity contribution < 1.29 is 9.59 Å². The molecule has 0 bridgehead atoms. The van der Waals surface area contributed by atoms with E-state index in [1.807, 2.05) is 6.92 Å². The Morgan fingerprint density at radius 2 is 1.62 bits per heavy atom. The second-order valence-corrected chi connectivity index (χ2v) is 7.37. The van der Waals surface area contributed by atoms with Crippen LogP contribution in [0.15, 0.2) is 48.5 Å². The molecule has 2 aromatic rings. The van der Waals surface area contributed by atoms with Gasteiger partial charge < -0.3 is 10.6 Å². The fraction of sp³-hybridized carbons (Fsp3) is 0.333. The van der Waals surface area contributed by atoms with E-state index in [-0.39, 0.29) is 17.9 Å². The van der Waals surface area contributed by atoms with Gasteiger partial charge in [0.2, 0.25) is 5.91 Å². The molecule has 0 saturated heterocycles. The van der Waals surface area contributed by atoms with Crippen molar-refractivity contribution in [3.05, 3.63) is 70.2 Å². The Bertz CT molecular complexity index is 783. The monoisotopic (exact) mass is 370 g/mol. The van der Waals surface area contributed by atoms with Crippen LogP contribution in [0.1, 0.15) is 47.3 Å². The van der Waals surface area contributed by atoms with Crippen LogP contribution in [-0.4, -0.2) is 17.9 Å². The Hall–Kier alpha value is -2.33. The molecule has 0 radical (unpaired) electrons. The number of carbonyl (C=O) groups excluding carboxylic acids is 2. The maximum Gasteiger partial charge on any atom is 0.251 e. The van der Waals surface area contributed by atoms with Gasteiger partial charge in [-0.15, -0.1) is 0 Å². The van der Waals surface area contributed by atoms with Crippen molar-refractivity contribution in [2.45, 2.75) is 38.8 Å². The number of benzene rings is 2. The predicted molar refractivity (Wildman–Crippen MR) is 103 cm³/mol. The average Bonchev–Trinajstić information content (AvgIpc) is 3.45. The largest absolute Gasteiger partial charge is 0.347 e. The van der Waals surface area contributed by atoms with Crippen LogP contribution in [0.2, 0.25) is 5.02 Å². The summed E-state index contributed by atoms with van der Waals surface area (Å²) >= 11 is 5.84. The molecule has 2 aromatic carbocycles. The first-order valence-electron chi connectivity index (χ1n) is 8.87. The summed E-state index contributed by atoms with van der Waals surface area (Å²) in [5, 5.41) is 6.42. The van der Waals surface area contributed by atoms with Crippen LogP contribution in [0.5, 0.6) is 0 Å². The molecule has 3 rings (SSSR count). The van der Waals surface area contributed by atoms with Gasteiger partial charge in [-0.1, -0.05) is 41.4 Å². The van der Waals surface area contributed by atoms with Crippen molar-refractivity contribution in [1.82, 2.24) is 10.6 Å². The highest BCUT2D eigenvalue weighted by Crippen LogP contribution is 2.41. The fourth-order valence-electron chi connectivity index (χ4n) is 2.90. The van der Waals surface area contributed by atoms with Crippen molar-refractivity contribution >= 4 is 23.4 Å². The number of aryl methyl sites for hydroxylation is 1. The summed E-state index contributed by atoms with van der Waals surface area (Å²) in [6.45, 7) is 3.74. The molecular formula is C21H23ClN2O2. The summed E-state index contributed by atoms with van der Waals surface area (Å²) in [6, 6.07) is 14.2. The zero-order chi connectivity index (χ0) is 18.7. The summed E-state index contributed by atoms with van der Waals surface area (Å²) in [5.74, 6) is 0.00763. The first-order valence-corrected chi connectivity index (χ1v) is 9.25. The van der Waals surface area contributed by atoms with E-state index in [1.54, 1.807) is 31.2 Å². The molecule has 2 unspecified atom stereocenters. The Balaban J connectivity index is 1.62. The molecule has 5 heteroatoms. The molecule has 1 aliphatic rings. The zero-order valence-corrected chi connectivity index (χ0v) is 15.7. The molecule has 1 aliphatic carbocycles. The SMILES string of the molecule is Cc1ccc(C(NC(=O)C(C)NC(=O)c2ccc(Cl)cc2)C2CC2)cc1. The minimum absolute atomic E-state index is 0.00187. The van der Waals surface area contributed by atoms with E-state index in [1.165, 1.54) is 5.56 Å². The fourth-order valence-corrected chi connectivity index (χ4v) is 3.03. The summed E-state index contributed by atoms with van der Waals surface area (Å²) in [6.07, 6.45) is 2.23. The van der Waals surface area contributed by atoms with Crippen molar-refractivity contribution in [2.24, 2.45) is 5.92 Å². The number of nitrogens with one attached hydrogen (secondary N) is 2. The number of carbonyl (C=O) groups is 2. The van der Waals surface area contributed by atoms with Crippen LogP contribution in [0, 0.1) is 12.8 Å². The van der Waals surface area contributed by atoms with E-state index in [9.17, 15) is 9.59 Å². The van der Waals surface area contributed by atoms with Crippen LogP contribution in [-0.2, 0) is 4.79 Å². The van der Waals surface area contributed by atoms with Gasteiger partial charge in [0.15, 0.2) is 0 Å². The summed E-state index contributed by atoms with van der Waals surface area (Å²) in [7, 11) is 0. The van der Waals surface area contributed by atoms with E-state index in [2.05, 4.69) is 34.9 Å². The lowest BCUT2D eigenvalue weighted by atomic mass is 10.0. The molecule has 1 saturated carbocycles. The molecule has 0 heterocycles. The van der Waals surface area contributed by atoms with Crippen LogP contribution in [0.4, 0.5) is 0 Å². The molecule has 0 aromatic heterocycles. The van der Waals surface area contributed by atoms with Crippen molar-refractivity contribution in [1.29, 1.82) is 0 Å². The van der Waals surface area contributed by atoms with E-state index in [0.717, 1.165) is 18.4 Å². The van der Waals surface area contributed by atoms with Gasteiger partial charge in [-0.25, -0.2) is 0 Å².